The minimum atomic E-state index is -1.18. The summed E-state index contributed by atoms with van der Waals surface area (Å²) in [7, 11) is -1.18. The summed E-state index contributed by atoms with van der Waals surface area (Å²) in [5.74, 6) is -0.680. The molecular formula is C10H23NO2Si. The lowest BCUT2D eigenvalue weighted by molar-refractivity contribution is -0.137. The SMILES string of the molecule is CCN(CCCCC(=O)O)[Si](C)(C)C. The van der Waals surface area contributed by atoms with E-state index in [-0.39, 0.29) is 0 Å². The molecule has 0 heterocycles. The van der Waals surface area contributed by atoms with Gasteiger partial charge >= 0.3 is 5.97 Å². The van der Waals surface area contributed by atoms with E-state index in [1.807, 2.05) is 0 Å². The van der Waals surface area contributed by atoms with Gasteiger partial charge in [0, 0.05) is 6.42 Å². The Hall–Kier alpha value is -0.353. The highest BCUT2D eigenvalue weighted by atomic mass is 28.3. The van der Waals surface area contributed by atoms with Crippen molar-refractivity contribution in [3.8, 4) is 0 Å². The van der Waals surface area contributed by atoms with Crippen molar-refractivity contribution < 1.29 is 9.90 Å². The minimum absolute atomic E-state index is 0.309. The zero-order chi connectivity index (χ0) is 11.2. The Morgan fingerprint density at radius 3 is 2.21 bits per heavy atom. The Morgan fingerprint density at radius 1 is 1.29 bits per heavy atom. The van der Waals surface area contributed by atoms with Crippen molar-refractivity contribution in [3.05, 3.63) is 0 Å². The average Bonchev–Trinajstić information content (AvgIpc) is 2.01. The van der Waals surface area contributed by atoms with Crippen LogP contribution in [0.15, 0.2) is 0 Å². The van der Waals surface area contributed by atoms with Gasteiger partial charge < -0.3 is 9.67 Å². The number of carbonyl (C=O) groups is 1. The lowest BCUT2D eigenvalue weighted by Crippen LogP contribution is -2.46. The van der Waals surface area contributed by atoms with Crippen LogP contribution in [0.2, 0.25) is 19.6 Å². The van der Waals surface area contributed by atoms with Crippen LogP contribution in [0, 0.1) is 0 Å². The fourth-order valence-electron chi connectivity index (χ4n) is 1.55. The maximum atomic E-state index is 10.3. The van der Waals surface area contributed by atoms with E-state index in [0.29, 0.717) is 6.42 Å². The number of rotatable bonds is 7. The number of unbranched alkanes of at least 4 members (excludes halogenated alkanes) is 1. The maximum absolute atomic E-state index is 10.3. The quantitative estimate of drug-likeness (QED) is 0.526. The summed E-state index contributed by atoms with van der Waals surface area (Å²) in [5, 5.41) is 8.49. The fourth-order valence-corrected chi connectivity index (χ4v) is 3.32. The summed E-state index contributed by atoms with van der Waals surface area (Å²) in [6.45, 7) is 11.3. The van der Waals surface area contributed by atoms with Gasteiger partial charge in [-0.25, -0.2) is 0 Å². The highest BCUT2D eigenvalue weighted by molar-refractivity contribution is 6.73. The van der Waals surface area contributed by atoms with Gasteiger partial charge in [0.25, 0.3) is 0 Å². The Balaban J connectivity index is 3.69. The molecule has 0 aliphatic carbocycles. The van der Waals surface area contributed by atoms with E-state index >= 15 is 0 Å². The molecular weight excluding hydrogens is 194 g/mol. The molecule has 0 aliphatic rings. The standard InChI is InChI=1S/C10H23NO2Si/c1-5-11(14(2,3)4)9-7-6-8-10(12)13/h5-9H2,1-4H3,(H,12,13). The third kappa shape index (κ3) is 6.15. The van der Waals surface area contributed by atoms with Gasteiger partial charge in [-0.1, -0.05) is 26.6 Å². The summed E-state index contributed by atoms with van der Waals surface area (Å²) in [4.78, 5) is 10.3. The predicted molar refractivity (Wildman–Crippen MR) is 62.1 cm³/mol. The van der Waals surface area contributed by atoms with Crippen LogP contribution in [0.4, 0.5) is 0 Å². The van der Waals surface area contributed by atoms with Crippen LogP contribution < -0.4 is 0 Å². The number of carboxylic acids is 1. The molecule has 0 fully saturated rings. The van der Waals surface area contributed by atoms with Gasteiger partial charge in [-0.3, -0.25) is 4.79 Å². The van der Waals surface area contributed by atoms with Gasteiger partial charge in [0.05, 0.1) is 0 Å². The smallest absolute Gasteiger partial charge is 0.303 e. The van der Waals surface area contributed by atoms with Crippen LogP contribution in [0.5, 0.6) is 0 Å². The fraction of sp³-hybridized carbons (Fsp3) is 0.900. The van der Waals surface area contributed by atoms with E-state index in [0.717, 1.165) is 25.9 Å². The molecule has 0 spiro atoms. The molecule has 0 rings (SSSR count). The van der Waals surface area contributed by atoms with E-state index in [1.165, 1.54) is 0 Å². The lowest BCUT2D eigenvalue weighted by atomic mass is 10.2. The normalized spacial score (nSPS) is 12.1. The molecule has 1 N–H and O–H groups in total. The number of aliphatic carboxylic acids is 1. The largest absolute Gasteiger partial charge is 0.481 e. The first kappa shape index (κ1) is 13.6. The molecule has 0 atom stereocenters. The van der Waals surface area contributed by atoms with Gasteiger partial charge in [-0.05, 0) is 25.9 Å². The molecule has 4 heteroatoms. The molecule has 0 amide bonds. The van der Waals surface area contributed by atoms with Crippen LogP contribution in [0.3, 0.4) is 0 Å². The van der Waals surface area contributed by atoms with Crippen molar-refractivity contribution in [2.24, 2.45) is 0 Å². The second-order valence-electron chi connectivity index (χ2n) is 4.60. The van der Waals surface area contributed by atoms with Gasteiger partial charge in [0.15, 0.2) is 0 Å². The van der Waals surface area contributed by atoms with Crippen molar-refractivity contribution in [2.75, 3.05) is 13.1 Å². The lowest BCUT2D eigenvalue weighted by Gasteiger charge is -2.32. The van der Waals surface area contributed by atoms with Crippen LogP contribution in [0.1, 0.15) is 26.2 Å². The second-order valence-corrected chi connectivity index (χ2v) is 9.58. The maximum Gasteiger partial charge on any atom is 0.303 e. The molecule has 0 bridgehead atoms. The molecule has 0 saturated heterocycles. The average molecular weight is 217 g/mol. The summed E-state index contributed by atoms with van der Waals surface area (Å²) in [5.41, 5.74) is 0. The molecule has 0 unspecified atom stereocenters. The summed E-state index contributed by atoms with van der Waals surface area (Å²) >= 11 is 0. The van der Waals surface area contributed by atoms with E-state index in [9.17, 15) is 4.79 Å². The molecule has 14 heavy (non-hydrogen) atoms. The van der Waals surface area contributed by atoms with Crippen LogP contribution >= 0.6 is 0 Å². The molecule has 0 aromatic carbocycles. The van der Waals surface area contributed by atoms with Crippen molar-refractivity contribution in [3.63, 3.8) is 0 Å². The molecule has 0 aliphatic heterocycles. The summed E-state index contributed by atoms with van der Waals surface area (Å²) < 4.78 is 2.51. The zero-order valence-corrected chi connectivity index (χ0v) is 10.8. The zero-order valence-electron chi connectivity index (χ0n) is 9.84. The first-order valence-corrected chi connectivity index (χ1v) is 8.79. The van der Waals surface area contributed by atoms with E-state index in [2.05, 4.69) is 31.1 Å². The van der Waals surface area contributed by atoms with Crippen LogP contribution in [-0.4, -0.2) is 37.0 Å². The predicted octanol–water partition coefficient (Wildman–Crippen LogP) is 2.40. The molecule has 0 radical (unpaired) electrons. The van der Waals surface area contributed by atoms with Crippen molar-refractivity contribution >= 4 is 14.2 Å². The third-order valence-corrected chi connectivity index (χ3v) is 4.84. The molecule has 3 nitrogen and oxygen atoms in total. The Bertz CT molecular complexity index is 177. The number of hydrogen-bond donors (Lipinski definition) is 1. The molecule has 0 aromatic rings. The van der Waals surface area contributed by atoms with Crippen LogP contribution in [-0.2, 0) is 4.79 Å². The summed E-state index contributed by atoms with van der Waals surface area (Å²) in [6.07, 6.45) is 2.12. The molecule has 0 saturated carbocycles. The number of nitrogens with zero attached hydrogens (tertiary/aromatic N) is 1. The van der Waals surface area contributed by atoms with E-state index in [4.69, 9.17) is 5.11 Å². The van der Waals surface area contributed by atoms with Gasteiger partial charge in [-0.2, -0.15) is 0 Å². The second kappa shape index (κ2) is 6.19. The van der Waals surface area contributed by atoms with Crippen LogP contribution in [0.25, 0.3) is 0 Å². The van der Waals surface area contributed by atoms with Crippen molar-refractivity contribution in [1.82, 2.24) is 4.57 Å². The first-order chi connectivity index (χ1) is 6.38. The Kier molecular flexibility index (Phi) is 6.03. The van der Waals surface area contributed by atoms with E-state index < -0.39 is 14.2 Å². The van der Waals surface area contributed by atoms with Gasteiger partial charge in [0.2, 0.25) is 0 Å². The van der Waals surface area contributed by atoms with E-state index in [1.54, 1.807) is 0 Å². The Labute approximate surface area is 88.2 Å². The van der Waals surface area contributed by atoms with Gasteiger partial charge in [0.1, 0.15) is 8.24 Å². The Morgan fingerprint density at radius 2 is 1.86 bits per heavy atom. The minimum Gasteiger partial charge on any atom is -0.481 e. The highest BCUT2D eigenvalue weighted by Gasteiger charge is 2.21. The molecule has 0 aromatic heterocycles. The number of hydrogen-bond acceptors (Lipinski definition) is 2. The number of carboxylic acid groups (broad SMARTS) is 1. The van der Waals surface area contributed by atoms with Crippen molar-refractivity contribution in [2.45, 2.75) is 45.8 Å². The third-order valence-electron chi connectivity index (χ3n) is 2.40. The van der Waals surface area contributed by atoms with Gasteiger partial charge in [-0.15, -0.1) is 0 Å². The molecule has 84 valence electrons. The highest BCUT2D eigenvalue weighted by Crippen LogP contribution is 2.10. The summed E-state index contributed by atoms with van der Waals surface area (Å²) in [6, 6.07) is 0. The first-order valence-electron chi connectivity index (χ1n) is 5.34. The van der Waals surface area contributed by atoms with Crippen molar-refractivity contribution in [1.29, 1.82) is 0 Å². The topological polar surface area (TPSA) is 40.5 Å². The monoisotopic (exact) mass is 217 g/mol.